The maximum atomic E-state index is 11.7. The van der Waals surface area contributed by atoms with Crippen molar-refractivity contribution in [2.24, 2.45) is 11.8 Å². The first-order valence-electron chi connectivity index (χ1n) is 7.65. The second-order valence-electron chi connectivity index (χ2n) is 5.87. The first-order valence-corrected chi connectivity index (χ1v) is 7.65. The van der Waals surface area contributed by atoms with Crippen molar-refractivity contribution in [3.05, 3.63) is 29.8 Å². The van der Waals surface area contributed by atoms with Gasteiger partial charge < -0.3 is 14.9 Å². The lowest BCUT2D eigenvalue weighted by molar-refractivity contribution is -0.145. The van der Waals surface area contributed by atoms with Crippen LogP contribution >= 0.6 is 0 Å². The van der Waals surface area contributed by atoms with Crippen LogP contribution in [-0.4, -0.2) is 29.4 Å². The summed E-state index contributed by atoms with van der Waals surface area (Å²) < 4.78 is 5.19. The van der Waals surface area contributed by atoms with E-state index < -0.39 is 18.0 Å². The van der Waals surface area contributed by atoms with Gasteiger partial charge in [0.2, 0.25) is 0 Å². The van der Waals surface area contributed by atoms with Crippen molar-refractivity contribution in [2.45, 2.75) is 44.6 Å². The Morgan fingerprint density at radius 2 is 2.10 bits per heavy atom. The molecule has 0 bridgehead atoms. The monoisotopic (exact) mass is 292 g/mol. The number of aliphatic hydroxyl groups excluding tert-OH is 1. The van der Waals surface area contributed by atoms with E-state index in [1.54, 1.807) is 7.11 Å². The lowest BCUT2D eigenvalue weighted by atomic mass is 9.80. The minimum Gasteiger partial charge on any atom is -0.497 e. The molecule has 1 fully saturated rings. The standard InChI is InChI=1S/C17H24O4/c1-21-13-7-5-6-12(10-13)11-15(17(19)20)14-8-3-2-4-9-16(14)18/h5-7,10,14-16,18H,2-4,8-9,11H2,1H3,(H,19,20). The third-order valence-corrected chi connectivity index (χ3v) is 4.46. The second-order valence-corrected chi connectivity index (χ2v) is 5.87. The number of aliphatic carboxylic acids is 1. The Labute approximate surface area is 125 Å². The van der Waals surface area contributed by atoms with Gasteiger partial charge >= 0.3 is 5.97 Å². The van der Waals surface area contributed by atoms with Gasteiger partial charge in [0, 0.05) is 0 Å². The van der Waals surface area contributed by atoms with Crippen molar-refractivity contribution in [2.75, 3.05) is 7.11 Å². The molecule has 4 heteroatoms. The van der Waals surface area contributed by atoms with Crippen LogP contribution in [0.1, 0.15) is 37.7 Å². The van der Waals surface area contributed by atoms with Crippen molar-refractivity contribution in [1.82, 2.24) is 0 Å². The molecule has 1 aromatic rings. The van der Waals surface area contributed by atoms with Gasteiger partial charge in [-0.25, -0.2) is 0 Å². The number of rotatable bonds is 5. The van der Waals surface area contributed by atoms with Crippen molar-refractivity contribution in [3.8, 4) is 5.75 Å². The zero-order chi connectivity index (χ0) is 15.2. The molecule has 0 amide bonds. The number of carbonyl (C=O) groups is 1. The molecule has 0 spiro atoms. The highest BCUT2D eigenvalue weighted by Gasteiger charge is 2.34. The molecule has 116 valence electrons. The smallest absolute Gasteiger partial charge is 0.307 e. The Balaban J connectivity index is 2.16. The number of benzene rings is 1. The normalized spacial score (nSPS) is 24.1. The molecule has 3 unspecified atom stereocenters. The molecule has 0 aromatic heterocycles. The lowest BCUT2D eigenvalue weighted by Gasteiger charge is -2.27. The highest BCUT2D eigenvalue weighted by atomic mass is 16.5. The summed E-state index contributed by atoms with van der Waals surface area (Å²) in [5, 5.41) is 19.8. The SMILES string of the molecule is COc1cccc(CC(C(=O)O)C2CCCCCC2O)c1. The summed E-state index contributed by atoms with van der Waals surface area (Å²) in [6, 6.07) is 7.51. The summed E-state index contributed by atoms with van der Waals surface area (Å²) in [5.74, 6) is -0.775. The van der Waals surface area contributed by atoms with E-state index in [2.05, 4.69) is 0 Å². The van der Waals surface area contributed by atoms with Gasteiger partial charge in [-0.05, 0) is 42.9 Å². The highest BCUT2D eigenvalue weighted by molar-refractivity contribution is 5.71. The lowest BCUT2D eigenvalue weighted by Crippen LogP contribution is -2.33. The summed E-state index contributed by atoms with van der Waals surface area (Å²) in [7, 11) is 1.60. The predicted octanol–water partition coefficient (Wildman–Crippen LogP) is 2.88. The molecule has 0 saturated heterocycles. The Bertz CT molecular complexity index is 472. The van der Waals surface area contributed by atoms with Crippen molar-refractivity contribution in [3.63, 3.8) is 0 Å². The van der Waals surface area contributed by atoms with Gasteiger partial charge in [0.1, 0.15) is 5.75 Å². The molecule has 1 aliphatic carbocycles. The van der Waals surface area contributed by atoms with Crippen LogP contribution in [0, 0.1) is 11.8 Å². The highest BCUT2D eigenvalue weighted by Crippen LogP contribution is 2.32. The average Bonchev–Trinajstić information content (AvgIpc) is 2.69. The number of ether oxygens (including phenoxy) is 1. The fourth-order valence-electron chi connectivity index (χ4n) is 3.26. The van der Waals surface area contributed by atoms with Crippen LogP contribution in [0.2, 0.25) is 0 Å². The maximum absolute atomic E-state index is 11.7. The van der Waals surface area contributed by atoms with Crippen LogP contribution in [0.15, 0.2) is 24.3 Å². The number of hydrogen-bond acceptors (Lipinski definition) is 3. The summed E-state index contributed by atoms with van der Waals surface area (Å²) in [6.07, 6.45) is 4.52. The topological polar surface area (TPSA) is 66.8 Å². The molecule has 21 heavy (non-hydrogen) atoms. The molecule has 4 nitrogen and oxygen atoms in total. The molecule has 1 saturated carbocycles. The Morgan fingerprint density at radius 3 is 2.81 bits per heavy atom. The van der Waals surface area contributed by atoms with E-state index >= 15 is 0 Å². The van der Waals surface area contributed by atoms with E-state index in [4.69, 9.17) is 4.74 Å². The van der Waals surface area contributed by atoms with E-state index in [-0.39, 0.29) is 5.92 Å². The Morgan fingerprint density at radius 1 is 1.33 bits per heavy atom. The quantitative estimate of drug-likeness (QED) is 0.819. The third-order valence-electron chi connectivity index (χ3n) is 4.46. The van der Waals surface area contributed by atoms with E-state index in [0.29, 0.717) is 12.8 Å². The molecule has 1 aromatic carbocycles. The molecule has 0 aliphatic heterocycles. The Hall–Kier alpha value is -1.55. The summed E-state index contributed by atoms with van der Waals surface area (Å²) in [6.45, 7) is 0. The summed E-state index contributed by atoms with van der Waals surface area (Å²) in [5.41, 5.74) is 0.943. The van der Waals surface area contributed by atoms with Gasteiger partial charge in [-0.2, -0.15) is 0 Å². The van der Waals surface area contributed by atoms with Crippen LogP contribution < -0.4 is 4.74 Å². The molecular weight excluding hydrogens is 268 g/mol. The van der Waals surface area contributed by atoms with Gasteiger partial charge in [-0.3, -0.25) is 4.79 Å². The number of carboxylic acid groups (broad SMARTS) is 1. The molecule has 2 N–H and O–H groups in total. The number of hydrogen-bond donors (Lipinski definition) is 2. The minimum atomic E-state index is -0.816. The van der Waals surface area contributed by atoms with E-state index in [1.165, 1.54) is 0 Å². The van der Waals surface area contributed by atoms with Crippen LogP contribution in [-0.2, 0) is 11.2 Å². The van der Waals surface area contributed by atoms with E-state index in [1.807, 2.05) is 24.3 Å². The summed E-state index contributed by atoms with van der Waals surface area (Å²) >= 11 is 0. The summed E-state index contributed by atoms with van der Waals surface area (Å²) in [4.78, 5) is 11.7. The number of carboxylic acids is 1. The van der Waals surface area contributed by atoms with Gasteiger partial charge in [0.15, 0.2) is 0 Å². The average molecular weight is 292 g/mol. The van der Waals surface area contributed by atoms with Crippen LogP contribution in [0.25, 0.3) is 0 Å². The predicted molar refractivity (Wildman–Crippen MR) is 80.4 cm³/mol. The van der Waals surface area contributed by atoms with E-state index in [0.717, 1.165) is 37.0 Å². The zero-order valence-electron chi connectivity index (χ0n) is 12.5. The fraction of sp³-hybridized carbons (Fsp3) is 0.588. The number of methoxy groups -OCH3 is 1. The van der Waals surface area contributed by atoms with Gasteiger partial charge in [-0.15, -0.1) is 0 Å². The second kappa shape index (κ2) is 7.46. The van der Waals surface area contributed by atoms with Crippen LogP contribution in [0.5, 0.6) is 5.75 Å². The molecule has 0 radical (unpaired) electrons. The number of aliphatic hydroxyl groups is 1. The first kappa shape index (κ1) is 15.8. The molecule has 2 rings (SSSR count). The largest absolute Gasteiger partial charge is 0.497 e. The van der Waals surface area contributed by atoms with Gasteiger partial charge in [-0.1, -0.05) is 31.4 Å². The van der Waals surface area contributed by atoms with Gasteiger partial charge in [0.25, 0.3) is 0 Å². The zero-order valence-corrected chi connectivity index (χ0v) is 12.5. The van der Waals surface area contributed by atoms with Gasteiger partial charge in [0.05, 0.1) is 19.1 Å². The van der Waals surface area contributed by atoms with Crippen LogP contribution in [0.3, 0.4) is 0 Å². The maximum Gasteiger partial charge on any atom is 0.307 e. The molecule has 3 atom stereocenters. The molecular formula is C17H24O4. The van der Waals surface area contributed by atoms with Crippen molar-refractivity contribution >= 4 is 5.97 Å². The Kier molecular flexibility index (Phi) is 5.62. The third kappa shape index (κ3) is 4.21. The fourth-order valence-corrected chi connectivity index (χ4v) is 3.26. The molecule has 0 heterocycles. The van der Waals surface area contributed by atoms with E-state index in [9.17, 15) is 15.0 Å². The first-order chi connectivity index (χ1) is 10.1. The van der Waals surface area contributed by atoms with Crippen molar-refractivity contribution in [1.29, 1.82) is 0 Å². The van der Waals surface area contributed by atoms with Crippen LogP contribution in [0.4, 0.5) is 0 Å². The molecule has 1 aliphatic rings. The minimum absolute atomic E-state index is 0.156. The van der Waals surface area contributed by atoms with Crippen molar-refractivity contribution < 1.29 is 19.7 Å².